The van der Waals surface area contributed by atoms with Gasteiger partial charge in [-0.15, -0.1) is 0 Å². The van der Waals surface area contributed by atoms with E-state index >= 15 is 0 Å². The van der Waals surface area contributed by atoms with Gasteiger partial charge in [0.25, 0.3) is 0 Å². The number of carbonyl (C=O) groups is 1. The van der Waals surface area contributed by atoms with Crippen LogP contribution in [0.15, 0.2) is 18.2 Å². The molecule has 0 radical (unpaired) electrons. The molecule has 150 valence electrons. The highest BCUT2D eigenvalue weighted by Crippen LogP contribution is 2.22. The molecule has 1 N–H and O–H groups in total. The average Bonchev–Trinajstić information content (AvgIpc) is 3.11. The van der Waals surface area contributed by atoms with Crippen molar-refractivity contribution in [3.63, 3.8) is 0 Å². The monoisotopic (exact) mass is 392 g/mol. The second-order valence-electron chi connectivity index (χ2n) is 8.24. The zero-order chi connectivity index (χ0) is 19.4. The second-order valence-corrected chi connectivity index (χ2v) is 10.2. The van der Waals surface area contributed by atoms with E-state index in [0.29, 0.717) is 32.4 Å². The molecule has 1 atom stereocenters. The lowest BCUT2D eigenvalue weighted by atomic mass is 10.0. The van der Waals surface area contributed by atoms with Crippen LogP contribution in [0.4, 0.5) is 0 Å². The molecule has 1 aromatic carbocycles. The number of nitrogens with one attached hydrogen (secondary N) is 1. The first-order valence-corrected chi connectivity index (χ1v) is 11.7. The Morgan fingerprint density at radius 2 is 1.74 bits per heavy atom. The summed E-state index contributed by atoms with van der Waals surface area (Å²) < 4.78 is 28.3. The Balaban J connectivity index is 1.55. The van der Waals surface area contributed by atoms with Gasteiger partial charge in [0.2, 0.25) is 15.9 Å². The van der Waals surface area contributed by atoms with Crippen molar-refractivity contribution in [2.75, 3.05) is 13.1 Å². The van der Waals surface area contributed by atoms with E-state index in [9.17, 15) is 13.2 Å². The number of sulfonamides is 1. The van der Waals surface area contributed by atoms with Crippen molar-refractivity contribution in [1.29, 1.82) is 0 Å². The van der Waals surface area contributed by atoms with E-state index in [2.05, 4.69) is 36.8 Å². The lowest BCUT2D eigenvalue weighted by molar-refractivity contribution is -0.131. The van der Waals surface area contributed by atoms with Crippen molar-refractivity contribution in [3.8, 4) is 0 Å². The molecule has 1 aliphatic heterocycles. The SMILES string of the molecule is Cc1cc(C)cc(CCC(=O)N2CCC[C@@H](S(=O)(=O)NC3CCCC3)C2)c1. The molecular formula is C21H32N2O3S. The van der Waals surface area contributed by atoms with Gasteiger partial charge in [-0.2, -0.15) is 0 Å². The van der Waals surface area contributed by atoms with Gasteiger partial charge in [-0.1, -0.05) is 42.2 Å². The highest BCUT2D eigenvalue weighted by atomic mass is 32.2. The van der Waals surface area contributed by atoms with Crippen LogP contribution >= 0.6 is 0 Å². The zero-order valence-corrected chi connectivity index (χ0v) is 17.4. The van der Waals surface area contributed by atoms with Crippen LogP contribution in [0.5, 0.6) is 0 Å². The maximum Gasteiger partial charge on any atom is 0.222 e. The number of likely N-dealkylation sites (tertiary alicyclic amines) is 1. The van der Waals surface area contributed by atoms with E-state index in [0.717, 1.165) is 32.1 Å². The molecule has 1 saturated heterocycles. The molecule has 2 fully saturated rings. The van der Waals surface area contributed by atoms with Gasteiger partial charge in [0, 0.05) is 25.6 Å². The minimum atomic E-state index is -3.36. The number of carbonyl (C=O) groups excluding carboxylic acids is 1. The first-order valence-electron chi connectivity index (χ1n) is 10.2. The summed E-state index contributed by atoms with van der Waals surface area (Å²) in [5.41, 5.74) is 3.59. The number of amides is 1. The maximum absolute atomic E-state index is 12.7. The first kappa shape index (κ1) is 20.3. The molecule has 2 aliphatic rings. The van der Waals surface area contributed by atoms with Gasteiger partial charge < -0.3 is 4.90 Å². The third-order valence-corrected chi connectivity index (χ3v) is 7.69. The smallest absolute Gasteiger partial charge is 0.222 e. The second kappa shape index (κ2) is 8.74. The third kappa shape index (κ3) is 5.55. The van der Waals surface area contributed by atoms with Crippen LogP contribution in [-0.4, -0.2) is 43.6 Å². The Bertz CT molecular complexity index is 749. The van der Waals surface area contributed by atoms with Gasteiger partial charge in [0.05, 0.1) is 5.25 Å². The predicted octanol–water partition coefficient (Wildman–Crippen LogP) is 3.09. The van der Waals surface area contributed by atoms with Crippen molar-refractivity contribution in [2.24, 2.45) is 0 Å². The highest BCUT2D eigenvalue weighted by molar-refractivity contribution is 7.90. The molecule has 0 unspecified atom stereocenters. The molecule has 1 aliphatic carbocycles. The number of benzene rings is 1. The molecule has 0 spiro atoms. The molecule has 6 heteroatoms. The summed E-state index contributed by atoms with van der Waals surface area (Å²) in [5.74, 6) is 0.0647. The van der Waals surface area contributed by atoms with Crippen molar-refractivity contribution < 1.29 is 13.2 Å². The Labute approximate surface area is 163 Å². The van der Waals surface area contributed by atoms with E-state index < -0.39 is 15.3 Å². The number of aryl methyl sites for hydroxylation is 3. The fraction of sp³-hybridized carbons (Fsp3) is 0.667. The lowest BCUT2D eigenvalue weighted by Gasteiger charge is -2.33. The molecule has 1 aromatic rings. The fourth-order valence-electron chi connectivity index (χ4n) is 4.41. The van der Waals surface area contributed by atoms with E-state index in [1.165, 1.54) is 16.7 Å². The Morgan fingerprint density at radius 3 is 2.41 bits per heavy atom. The molecule has 0 bridgehead atoms. The predicted molar refractivity (Wildman–Crippen MR) is 108 cm³/mol. The normalized spacial score (nSPS) is 21.6. The van der Waals surface area contributed by atoms with Gasteiger partial charge in [0.15, 0.2) is 0 Å². The van der Waals surface area contributed by atoms with E-state index in [-0.39, 0.29) is 11.9 Å². The first-order chi connectivity index (χ1) is 12.8. The van der Waals surface area contributed by atoms with E-state index in [1.54, 1.807) is 4.90 Å². The number of hydrogen-bond acceptors (Lipinski definition) is 3. The standard InChI is InChI=1S/C21H32N2O3S/c1-16-12-17(2)14-18(13-16)9-10-21(24)23-11-5-8-20(15-23)27(25,26)22-19-6-3-4-7-19/h12-14,19-20,22H,3-11,15H2,1-2H3/t20-/m1/s1. The van der Waals surface area contributed by atoms with Crippen LogP contribution in [0.1, 0.15) is 61.6 Å². The molecule has 0 aromatic heterocycles. The van der Waals surface area contributed by atoms with Gasteiger partial charge in [-0.05, 0) is 51.5 Å². The van der Waals surface area contributed by atoms with Gasteiger partial charge >= 0.3 is 0 Å². The number of nitrogens with zero attached hydrogens (tertiary/aromatic N) is 1. The lowest BCUT2D eigenvalue weighted by Crippen LogP contribution is -2.50. The van der Waals surface area contributed by atoms with Gasteiger partial charge in [-0.25, -0.2) is 13.1 Å². The quantitative estimate of drug-likeness (QED) is 0.809. The van der Waals surface area contributed by atoms with E-state index in [4.69, 9.17) is 0 Å². The average molecular weight is 393 g/mol. The topological polar surface area (TPSA) is 66.5 Å². The van der Waals surface area contributed by atoms with Crippen LogP contribution in [0, 0.1) is 13.8 Å². The summed E-state index contributed by atoms with van der Waals surface area (Å²) in [7, 11) is -3.36. The summed E-state index contributed by atoms with van der Waals surface area (Å²) in [6, 6.07) is 6.46. The third-order valence-electron chi connectivity index (χ3n) is 5.76. The molecule has 1 saturated carbocycles. The van der Waals surface area contributed by atoms with Gasteiger partial charge in [0.1, 0.15) is 0 Å². The highest BCUT2D eigenvalue weighted by Gasteiger charge is 2.34. The summed E-state index contributed by atoms with van der Waals surface area (Å²) in [6.07, 6.45) is 6.60. The van der Waals surface area contributed by atoms with Crippen LogP contribution < -0.4 is 4.72 Å². The van der Waals surface area contributed by atoms with Crippen molar-refractivity contribution in [1.82, 2.24) is 9.62 Å². The van der Waals surface area contributed by atoms with Crippen molar-refractivity contribution >= 4 is 15.9 Å². The zero-order valence-electron chi connectivity index (χ0n) is 16.5. The van der Waals surface area contributed by atoms with Crippen LogP contribution in [0.3, 0.4) is 0 Å². The number of rotatable bonds is 6. The largest absolute Gasteiger partial charge is 0.341 e. The summed E-state index contributed by atoms with van der Waals surface area (Å²) >= 11 is 0. The number of piperidine rings is 1. The minimum absolute atomic E-state index is 0.0647. The van der Waals surface area contributed by atoms with Crippen molar-refractivity contribution in [2.45, 2.75) is 76.5 Å². The summed E-state index contributed by atoms with van der Waals surface area (Å²) in [6.45, 7) is 5.13. The van der Waals surface area contributed by atoms with Crippen LogP contribution in [0.25, 0.3) is 0 Å². The maximum atomic E-state index is 12.7. The van der Waals surface area contributed by atoms with Gasteiger partial charge in [-0.3, -0.25) is 4.79 Å². The summed E-state index contributed by atoms with van der Waals surface area (Å²) in [5, 5.41) is -0.475. The molecule has 3 rings (SSSR count). The molecule has 5 nitrogen and oxygen atoms in total. The molecule has 27 heavy (non-hydrogen) atoms. The van der Waals surface area contributed by atoms with E-state index in [1.807, 2.05) is 0 Å². The van der Waals surface area contributed by atoms with Crippen LogP contribution in [0.2, 0.25) is 0 Å². The Hall–Kier alpha value is -1.40. The number of hydrogen-bond donors (Lipinski definition) is 1. The molecule has 1 heterocycles. The Morgan fingerprint density at radius 1 is 1.07 bits per heavy atom. The van der Waals surface area contributed by atoms with Crippen molar-refractivity contribution in [3.05, 3.63) is 34.9 Å². The molecule has 1 amide bonds. The summed E-state index contributed by atoms with van der Waals surface area (Å²) in [4.78, 5) is 14.4. The minimum Gasteiger partial charge on any atom is -0.341 e. The fourth-order valence-corrected chi connectivity index (χ4v) is 6.16. The van der Waals surface area contributed by atoms with Crippen LogP contribution in [-0.2, 0) is 21.2 Å². The molecular weight excluding hydrogens is 360 g/mol. The Kier molecular flexibility index (Phi) is 6.58.